The molecule has 1 saturated heterocycles. The zero-order valence-corrected chi connectivity index (χ0v) is 22.5. The molecule has 2 aromatic carbocycles. The normalized spacial score (nSPS) is 24.2. The number of nitrogens with one attached hydrogen (secondary N) is 4. The molecule has 4 rings (SSSR count). The van der Waals surface area contributed by atoms with E-state index >= 15 is 0 Å². The lowest BCUT2D eigenvalue weighted by Crippen LogP contribution is -2.70. The first-order chi connectivity index (χ1) is 18.1. The highest BCUT2D eigenvalue weighted by Crippen LogP contribution is 2.27. The Morgan fingerprint density at radius 3 is 2.19 bits per heavy atom. The second-order valence-electron chi connectivity index (χ2n) is 10.5. The molecule has 0 radical (unpaired) electrons. The van der Waals surface area contributed by atoms with E-state index in [9.17, 15) is 4.79 Å². The molecule has 1 aliphatic heterocycles. The number of hydrogen-bond acceptors (Lipinski definition) is 5. The van der Waals surface area contributed by atoms with Gasteiger partial charge in [-0.1, -0.05) is 70.1 Å². The van der Waals surface area contributed by atoms with E-state index in [4.69, 9.17) is 4.74 Å². The third kappa shape index (κ3) is 8.45. The van der Waals surface area contributed by atoms with Gasteiger partial charge in [0.2, 0.25) is 0 Å². The van der Waals surface area contributed by atoms with Crippen molar-refractivity contribution in [3.63, 3.8) is 0 Å². The Balaban J connectivity index is 1.40. The molecule has 0 spiro atoms. The first kappa shape index (κ1) is 27.4. The summed E-state index contributed by atoms with van der Waals surface area (Å²) in [6, 6.07) is 17.8. The highest BCUT2D eigenvalue weighted by molar-refractivity contribution is 5.89. The van der Waals surface area contributed by atoms with Crippen LogP contribution >= 0.6 is 0 Å². The third-order valence-corrected chi connectivity index (χ3v) is 7.55. The molecule has 3 atom stereocenters. The second-order valence-corrected chi connectivity index (χ2v) is 10.5. The van der Waals surface area contributed by atoms with Crippen LogP contribution in [0.5, 0.6) is 11.5 Å². The van der Waals surface area contributed by atoms with Crippen molar-refractivity contribution in [3.8, 4) is 11.5 Å². The number of carbonyl (C=O) groups excluding carboxylic acids is 1. The van der Waals surface area contributed by atoms with Crippen molar-refractivity contribution in [2.45, 2.75) is 103 Å². The van der Waals surface area contributed by atoms with Crippen LogP contribution in [0, 0.1) is 0 Å². The van der Waals surface area contributed by atoms with Gasteiger partial charge < -0.3 is 20.7 Å². The topological polar surface area (TPSA) is 77.7 Å². The molecule has 37 heavy (non-hydrogen) atoms. The summed E-state index contributed by atoms with van der Waals surface area (Å²) >= 11 is 0. The molecular formula is C30H45N5O2. The van der Waals surface area contributed by atoms with Gasteiger partial charge in [-0.05, 0) is 69.1 Å². The van der Waals surface area contributed by atoms with Crippen molar-refractivity contribution in [2.75, 3.05) is 11.9 Å². The fraction of sp³-hybridized carbons (Fsp3) is 0.567. The van der Waals surface area contributed by atoms with Gasteiger partial charge in [-0.3, -0.25) is 10.2 Å². The molecule has 2 fully saturated rings. The maximum absolute atomic E-state index is 13.1. The smallest absolute Gasteiger partial charge is 0.321 e. The van der Waals surface area contributed by atoms with Crippen LogP contribution in [0.15, 0.2) is 54.6 Å². The molecule has 0 bridgehead atoms. The molecule has 7 heteroatoms. The molecule has 1 saturated carbocycles. The largest absolute Gasteiger partial charge is 0.457 e. The fourth-order valence-electron chi connectivity index (χ4n) is 5.75. The first-order valence-electron chi connectivity index (χ1n) is 14.3. The summed E-state index contributed by atoms with van der Waals surface area (Å²) in [5.74, 6) is 1.52. The Bertz CT molecular complexity index is 929. The predicted octanol–water partition coefficient (Wildman–Crippen LogP) is 6.40. The van der Waals surface area contributed by atoms with E-state index in [0.29, 0.717) is 12.1 Å². The van der Waals surface area contributed by atoms with Crippen LogP contribution in [0.4, 0.5) is 10.5 Å². The number of anilines is 1. The highest BCUT2D eigenvalue weighted by atomic mass is 16.5. The van der Waals surface area contributed by atoms with Crippen molar-refractivity contribution >= 4 is 11.7 Å². The number of amides is 2. The first-order valence-corrected chi connectivity index (χ1v) is 14.3. The quantitative estimate of drug-likeness (QED) is 0.349. The number of urea groups is 1. The Labute approximate surface area is 222 Å². The van der Waals surface area contributed by atoms with Crippen molar-refractivity contribution in [1.82, 2.24) is 20.9 Å². The van der Waals surface area contributed by atoms with E-state index in [1.807, 2.05) is 54.6 Å². The number of benzene rings is 2. The monoisotopic (exact) mass is 507 g/mol. The highest BCUT2D eigenvalue weighted by Gasteiger charge is 2.37. The lowest BCUT2D eigenvalue weighted by molar-refractivity contribution is -0.00912. The SMILES string of the molecule is CCNC1CC(C)N(C2CCCCCCCCC2)C(NC(=O)Nc2ccc(Oc3ccccc3)cc2)N1. The van der Waals surface area contributed by atoms with Gasteiger partial charge in [0.1, 0.15) is 17.8 Å². The molecule has 2 aromatic rings. The van der Waals surface area contributed by atoms with Crippen LogP contribution < -0.4 is 26.0 Å². The van der Waals surface area contributed by atoms with Crippen molar-refractivity contribution in [1.29, 1.82) is 0 Å². The fourth-order valence-corrected chi connectivity index (χ4v) is 5.75. The number of rotatable bonds is 7. The van der Waals surface area contributed by atoms with Crippen LogP contribution in [0.3, 0.4) is 0 Å². The number of ether oxygens (including phenoxy) is 1. The molecule has 202 valence electrons. The maximum Gasteiger partial charge on any atom is 0.321 e. The third-order valence-electron chi connectivity index (χ3n) is 7.55. The number of nitrogens with zero attached hydrogens (tertiary/aromatic N) is 1. The molecular weight excluding hydrogens is 462 g/mol. The van der Waals surface area contributed by atoms with E-state index in [2.05, 4.69) is 40.0 Å². The molecule has 0 aromatic heterocycles. The zero-order valence-electron chi connectivity index (χ0n) is 22.5. The minimum absolute atomic E-state index is 0.176. The summed E-state index contributed by atoms with van der Waals surface area (Å²) in [4.78, 5) is 15.7. The summed E-state index contributed by atoms with van der Waals surface area (Å²) in [6.45, 7) is 5.33. The van der Waals surface area contributed by atoms with E-state index < -0.39 is 0 Å². The zero-order chi connectivity index (χ0) is 25.9. The predicted molar refractivity (Wildman–Crippen MR) is 151 cm³/mol. The Morgan fingerprint density at radius 1 is 0.919 bits per heavy atom. The van der Waals surface area contributed by atoms with Crippen LogP contribution in [-0.2, 0) is 0 Å². The lowest BCUT2D eigenvalue weighted by atomic mass is 9.94. The van der Waals surface area contributed by atoms with Gasteiger partial charge in [0.05, 0.1) is 6.17 Å². The summed E-state index contributed by atoms with van der Waals surface area (Å²) in [5.41, 5.74) is 0.732. The van der Waals surface area contributed by atoms with Crippen LogP contribution in [0.1, 0.15) is 78.1 Å². The van der Waals surface area contributed by atoms with Gasteiger partial charge >= 0.3 is 6.03 Å². The average Bonchev–Trinajstić information content (AvgIpc) is 2.89. The number of para-hydroxylation sites is 1. The van der Waals surface area contributed by atoms with Crippen LogP contribution in [-0.4, -0.2) is 42.0 Å². The van der Waals surface area contributed by atoms with Crippen LogP contribution in [0.25, 0.3) is 0 Å². The van der Waals surface area contributed by atoms with Crippen molar-refractivity contribution in [2.24, 2.45) is 0 Å². The maximum atomic E-state index is 13.1. The Morgan fingerprint density at radius 2 is 1.54 bits per heavy atom. The summed E-state index contributed by atoms with van der Waals surface area (Å²) < 4.78 is 5.87. The molecule has 3 unspecified atom stereocenters. The van der Waals surface area contributed by atoms with Gasteiger partial charge in [0, 0.05) is 17.8 Å². The molecule has 7 nitrogen and oxygen atoms in total. The van der Waals surface area contributed by atoms with Gasteiger partial charge in [-0.25, -0.2) is 4.79 Å². The standard InChI is InChI=1S/C30H45N5O2/c1-3-31-28-22-23(2)35(25-14-10-7-5-4-6-8-11-15-25)29(33-28)34-30(36)32-24-18-20-27(21-19-24)37-26-16-12-9-13-17-26/h9,12-13,16-21,23,25,28-29,31,33H,3-8,10-11,14-15,22H2,1-2H3,(H2,32,34,36). The van der Waals surface area contributed by atoms with Crippen molar-refractivity contribution in [3.05, 3.63) is 54.6 Å². The number of carbonyl (C=O) groups is 1. The van der Waals surface area contributed by atoms with Crippen LogP contribution in [0.2, 0.25) is 0 Å². The summed E-state index contributed by atoms with van der Waals surface area (Å²) in [5, 5.41) is 13.5. The average molecular weight is 508 g/mol. The Hall–Kier alpha value is -2.61. The molecule has 2 amide bonds. The summed E-state index contributed by atoms with van der Waals surface area (Å²) in [7, 11) is 0. The van der Waals surface area contributed by atoms with E-state index in [1.165, 1.54) is 57.8 Å². The van der Waals surface area contributed by atoms with Crippen molar-refractivity contribution < 1.29 is 9.53 Å². The second kappa shape index (κ2) is 14.4. The molecule has 1 heterocycles. The van der Waals surface area contributed by atoms with Gasteiger partial charge in [-0.15, -0.1) is 0 Å². The minimum Gasteiger partial charge on any atom is -0.457 e. The van der Waals surface area contributed by atoms with E-state index in [1.54, 1.807) is 0 Å². The van der Waals surface area contributed by atoms with Gasteiger partial charge in [-0.2, -0.15) is 0 Å². The summed E-state index contributed by atoms with van der Waals surface area (Å²) in [6.07, 6.45) is 12.6. The lowest BCUT2D eigenvalue weighted by Gasteiger charge is -2.49. The molecule has 1 aliphatic carbocycles. The van der Waals surface area contributed by atoms with Gasteiger partial charge in [0.15, 0.2) is 0 Å². The van der Waals surface area contributed by atoms with Gasteiger partial charge in [0.25, 0.3) is 0 Å². The Kier molecular flexibility index (Phi) is 10.6. The number of hydrogen-bond donors (Lipinski definition) is 4. The molecule has 4 N–H and O–H groups in total. The minimum atomic E-state index is -0.221. The van der Waals surface area contributed by atoms with E-state index in [-0.39, 0.29) is 18.5 Å². The molecule has 2 aliphatic rings. The van der Waals surface area contributed by atoms with E-state index in [0.717, 1.165) is 30.2 Å².